The van der Waals surface area contributed by atoms with Crippen LogP contribution in [0.3, 0.4) is 0 Å². The fourth-order valence-corrected chi connectivity index (χ4v) is 0. The van der Waals surface area contributed by atoms with Crippen LogP contribution in [0.15, 0.2) is 0 Å². The fraction of sp³-hybridized carbons (Fsp3) is 0. The van der Waals surface area contributed by atoms with Crippen LogP contribution in [0.25, 0.3) is 0 Å². The molecule has 0 aromatic carbocycles. The average Bonchev–Trinajstić information content (AvgIpc) is 1.54. The van der Waals surface area contributed by atoms with Gasteiger partial charge in [-0.1, -0.05) is 0 Å². The zero-order valence-electron chi connectivity index (χ0n) is 5.41. The van der Waals surface area contributed by atoms with Crippen molar-refractivity contribution in [2.24, 2.45) is 0 Å². The van der Waals surface area contributed by atoms with E-state index < -0.39 is 15.3 Å². The molecule has 12 nitrogen and oxygen atoms in total. The molecular weight excluding hydrogens is 355 g/mol. The molecule has 0 unspecified atom stereocenters. The molecule has 0 fully saturated rings. The summed E-state index contributed by atoms with van der Waals surface area (Å²) in [5.74, 6) is 0. The van der Waals surface area contributed by atoms with Gasteiger partial charge in [-0.3, -0.25) is 0 Å². The minimum atomic E-state index is -1.50. The first-order valence-corrected chi connectivity index (χ1v) is 1.70. The second-order valence-corrected chi connectivity index (χ2v) is 0.714. The molecule has 13 heteroatoms. The summed E-state index contributed by atoms with van der Waals surface area (Å²) in [4.78, 5) is 25.1. The minimum Gasteiger partial charge on any atom is -0.328 e. The SMILES string of the molecule is O=[N+]([O-])O.O=[N+]([O-])O.O=[N+]([O-])O.[Tm]. The van der Waals surface area contributed by atoms with E-state index in [1.54, 1.807) is 0 Å². The predicted octanol–water partition coefficient (Wildman–Crippen LogP) is -1.04. The molecule has 0 bridgehead atoms. The molecule has 0 aliphatic rings. The smallest absolute Gasteiger partial charge is 0.291 e. The average molecular weight is 358 g/mol. The quantitative estimate of drug-likeness (QED) is 0.358. The number of nitrogens with zero attached hydrogens (tertiary/aromatic N) is 3. The van der Waals surface area contributed by atoms with Gasteiger partial charge >= 0.3 is 0 Å². The predicted molar refractivity (Wildman–Crippen MR) is 26.3 cm³/mol. The molecule has 0 heterocycles. The van der Waals surface area contributed by atoms with Crippen LogP contribution in [-0.4, -0.2) is 30.9 Å². The maximum Gasteiger partial charge on any atom is 0.291 e. The molecular formula is H3N3O9Tm. The molecule has 85 valence electrons. The van der Waals surface area contributed by atoms with Crippen LogP contribution in [0.4, 0.5) is 0 Å². The molecule has 0 aliphatic carbocycles. The first kappa shape index (κ1) is 22.6. The van der Waals surface area contributed by atoms with Crippen molar-refractivity contribution in [2.45, 2.75) is 0 Å². The molecule has 0 aliphatic heterocycles. The topological polar surface area (TPSA) is 190 Å². The Morgan fingerprint density at radius 2 is 0.692 bits per heavy atom. The van der Waals surface area contributed by atoms with Crippen LogP contribution >= 0.6 is 0 Å². The Morgan fingerprint density at radius 3 is 0.692 bits per heavy atom. The molecule has 0 rings (SSSR count). The third-order valence-corrected chi connectivity index (χ3v) is 0. The van der Waals surface area contributed by atoms with E-state index in [2.05, 4.69) is 0 Å². The molecule has 0 spiro atoms. The van der Waals surface area contributed by atoms with Crippen LogP contribution < -0.4 is 0 Å². The Morgan fingerprint density at radius 1 is 0.692 bits per heavy atom. The monoisotopic (exact) mass is 358 g/mol. The molecule has 1 radical (unpaired) electrons. The van der Waals surface area contributed by atoms with Crippen molar-refractivity contribution in [2.75, 3.05) is 0 Å². The molecule has 13 heavy (non-hydrogen) atoms. The molecule has 0 saturated carbocycles. The van der Waals surface area contributed by atoms with Gasteiger partial charge in [0.15, 0.2) is 0 Å². The van der Waals surface area contributed by atoms with Crippen molar-refractivity contribution >= 4 is 0 Å². The summed E-state index contributed by atoms with van der Waals surface area (Å²) in [7, 11) is 0. The standard InChI is InChI=1S/3HNO3.Tm/c3*2-1(3)4;/h3*(H,2,3,4);. The summed E-state index contributed by atoms with van der Waals surface area (Å²) in [6.07, 6.45) is 0. The van der Waals surface area contributed by atoms with E-state index in [1.165, 1.54) is 0 Å². The van der Waals surface area contributed by atoms with Gasteiger partial charge in [0, 0.05) is 36.9 Å². The van der Waals surface area contributed by atoms with Crippen molar-refractivity contribution in [3.63, 3.8) is 0 Å². The molecule has 0 saturated heterocycles. The first-order chi connectivity index (χ1) is 5.20. The van der Waals surface area contributed by atoms with Gasteiger partial charge in [0.25, 0.3) is 15.3 Å². The molecule has 0 aromatic rings. The Hall–Kier alpha value is -1.17. The van der Waals surface area contributed by atoms with Crippen molar-refractivity contribution < 1.29 is 67.8 Å². The van der Waals surface area contributed by atoms with E-state index in [0.717, 1.165) is 0 Å². The first-order valence-electron chi connectivity index (χ1n) is 1.70. The van der Waals surface area contributed by atoms with Gasteiger partial charge in [-0.05, 0) is 0 Å². The normalized spacial score (nSPS) is 5.54. The van der Waals surface area contributed by atoms with Gasteiger partial charge in [0.1, 0.15) is 0 Å². The van der Waals surface area contributed by atoms with Crippen LogP contribution in [-0.2, 0) is 0 Å². The fourth-order valence-electron chi connectivity index (χ4n) is 0. The Kier molecular flexibility index (Phi) is 29.7. The van der Waals surface area contributed by atoms with Crippen LogP contribution in [0.5, 0.6) is 0 Å². The Labute approximate surface area is 97.9 Å². The van der Waals surface area contributed by atoms with Crippen molar-refractivity contribution in [1.82, 2.24) is 0 Å². The van der Waals surface area contributed by atoms with E-state index in [4.69, 9.17) is 46.0 Å². The second kappa shape index (κ2) is 17.1. The van der Waals surface area contributed by atoms with Crippen molar-refractivity contribution in [3.05, 3.63) is 30.3 Å². The largest absolute Gasteiger partial charge is 0.328 e. The summed E-state index contributed by atoms with van der Waals surface area (Å²) < 4.78 is 0. The van der Waals surface area contributed by atoms with E-state index in [9.17, 15) is 0 Å². The van der Waals surface area contributed by atoms with E-state index >= 15 is 0 Å². The molecule has 3 N–H and O–H groups in total. The van der Waals surface area contributed by atoms with Gasteiger partial charge in [-0.2, -0.15) is 0 Å². The maximum absolute atomic E-state index is 8.36. The third kappa shape index (κ3) is 622. The van der Waals surface area contributed by atoms with Crippen molar-refractivity contribution in [3.8, 4) is 0 Å². The van der Waals surface area contributed by atoms with Gasteiger partial charge < -0.3 is 15.6 Å². The summed E-state index contributed by atoms with van der Waals surface area (Å²) >= 11 is 0. The Balaban J connectivity index is -0.0000000450. The number of rotatable bonds is 0. The Bertz CT molecular complexity index is 112. The van der Waals surface area contributed by atoms with Crippen molar-refractivity contribution in [1.29, 1.82) is 0 Å². The van der Waals surface area contributed by atoms with Crippen LogP contribution in [0, 0.1) is 67.2 Å². The zero-order valence-corrected chi connectivity index (χ0v) is 7.19. The molecule has 0 aromatic heterocycles. The summed E-state index contributed by atoms with van der Waals surface area (Å²) in [6.45, 7) is 0. The number of hydrogen-bond donors (Lipinski definition) is 3. The third-order valence-electron chi connectivity index (χ3n) is 0. The maximum atomic E-state index is 8.36. The van der Waals surface area contributed by atoms with Gasteiger partial charge in [0.2, 0.25) is 0 Å². The minimum absolute atomic E-state index is 0. The van der Waals surface area contributed by atoms with Gasteiger partial charge in [0.05, 0.1) is 0 Å². The van der Waals surface area contributed by atoms with Crippen LogP contribution in [0.2, 0.25) is 0 Å². The van der Waals surface area contributed by atoms with Gasteiger partial charge in [-0.25, -0.2) is 0 Å². The van der Waals surface area contributed by atoms with E-state index in [0.29, 0.717) is 0 Å². The van der Waals surface area contributed by atoms with E-state index in [1.807, 2.05) is 0 Å². The molecule has 0 atom stereocenters. The summed E-state index contributed by atoms with van der Waals surface area (Å²) in [5, 5.41) is 40.9. The zero-order chi connectivity index (χ0) is 10.7. The van der Waals surface area contributed by atoms with E-state index in [-0.39, 0.29) is 36.9 Å². The summed E-state index contributed by atoms with van der Waals surface area (Å²) in [6, 6.07) is 0. The van der Waals surface area contributed by atoms with Gasteiger partial charge in [-0.15, -0.1) is 30.3 Å². The summed E-state index contributed by atoms with van der Waals surface area (Å²) in [5.41, 5.74) is 0. The van der Waals surface area contributed by atoms with Crippen LogP contribution in [0.1, 0.15) is 0 Å². The second-order valence-electron chi connectivity index (χ2n) is 0.714. The molecule has 0 amide bonds. The number of hydrogen-bond acceptors (Lipinski definition) is 6.